The summed E-state index contributed by atoms with van der Waals surface area (Å²) in [5.41, 5.74) is 1.64. The Morgan fingerprint density at radius 2 is 2.21 bits per heavy atom. The molecule has 0 radical (unpaired) electrons. The lowest BCUT2D eigenvalue weighted by Crippen LogP contribution is -1.88. The van der Waals surface area contributed by atoms with E-state index < -0.39 is 0 Å². The first kappa shape index (κ1) is 8.39. The average Bonchev–Trinajstić information content (AvgIpc) is 2.27. The minimum Gasteiger partial charge on any atom is -0.298 e. The van der Waals surface area contributed by atoms with Gasteiger partial charge in [-0.25, -0.2) is 0 Å². The zero-order valence-electron chi connectivity index (χ0n) is 7.27. The molecule has 1 aromatic carbocycles. The molecule has 1 aromatic heterocycles. The molecule has 0 aliphatic rings. The molecule has 0 aliphatic heterocycles. The van der Waals surface area contributed by atoms with Crippen molar-refractivity contribution < 1.29 is 4.79 Å². The van der Waals surface area contributed by atoms with E-state index in [1.807, 2.05) is 6.07 Å². The third-order valence-corrected chi connectivity index (χ3v) is 2.05. The Morgan fingerprint density at radius 1 is 1.36 bits per heavy atom. The Balaban J connectivity index is 2.93. The molecule has 0 saturated heterocycles. The molecule has 0 amide bonds. The van der Waals surface area contributed by atoms with Crippen LogP contribution in [0.2, 0.25) is 0 Å². The number of para-hydroxylation sites is 1. The molecule has 14 heavy (non-hydrogen) atoms. The second kappa shape index (κ2) is 3.27. The van der Waals surface area contributed by atoms with E-state index in [1.165, 1.54) is 6.20 Å². The first-order chi connectivity index (χ1) is 6.86. The number of hydrogen-bond acceptors (Lipinski definition) is 3. The van der Waals surface area contributed by atoms with Crippen LogP contribution in [0.1, 0.15) is 15.9 Å². The Labute approximate surface area is 80.6 Å². The van der Waals surface area contributed by atoms with Crippen LogP contribution in [0.15, 0.2) is 30.5 Å². The van der Waals surface area contributed by atoms with Gasteiger partial charge in [0, 0.05) is 17.1 Å². The standard InChI is InChI=1S/C11H6N2O/c12-6-8-2-1-3-10-9(7-14)4-5-13-11(8)10/h1-5,7H. The van der Waals surface area contributed by atoms with Crippen molar-refractivity contribution in [3.63, 3.8) is 0 Å². The molecule has 1 heterocycles. The second-order valence-corrected chi connectivity index (χ2v) is 2.83. The molecule has 0 bridgehead atoms. The number of pyridine rings is 1. The lowest BCUT2D eigenvalue weighted by Gasteiger charge is -2.00. The summed E-state index contributed by atoms with van der Waals surface area (Å²) in [6.07, 6.45) is 2.30. The van der Waals surface area contributed by atoms with Crippen LogP contribution >= 0.6 is 0 Å². The number of rotatable bonds is 1. The molecule has 0 unspecified atom stereocenters. The van der Waals surface area contributed by atoms with Crippen LogP contribution in [-0.4, -0.2) is 11.3 Å². The van der Waals surface area contributed by atoms with Crippen molar-refractivity contribution in [2.45, 2.75) is 0 Å². The molecule has 3 heteroatoms. The fourth-order valence-corrected chi connectivity index (χ4v) is 1.39. The Bertz CT molecular complexity index is 540. The van der Waals surface area contributed by atoms with Crippen molar-refractivity contribution in [2.75, 3.05) is 0 Å². The Hall–Kier alpha value is -2.21. The average molecular weight is 182 g/mol. The summed E-state index contributed by atoms with van der Waals surface area (Å²) in [6, 6.07) is 8.89. The molecule has 66 valence electrons. The van der Waals surface area contributed by atoms with Gasteiger partial charge in [-0.15, -0.1) is 0 Å². The van der Waals surface area contributed by atoms with E-state index in [0.717, 1.165) is 11.7 Å². The highest BCUT2D eigenvalue weighted by Crippen LogP contribution is 2.18. The first-order valence-corrected chi connectivity index (χ1v) is 4.10. The number of benzene rings is 1. The highest BCUT2D eigenvalue weighted by molar-refractivity contribution is 5.98. The first-order valence-electron chi connectivity index (χ1n) is 4.10. The number of aromatic nitrogens is 1. The third-order valence-electron chi connectivity index (χ3n) is 2.05. The largest absolute Gasteiger partial charge is 0.298 e. The van der Waals surface area contributed by atoms with E-state index in [2.05, 4.69) is 4.98 Å². The molecule has 0 saturated carbocycles. The van der Waals surface area contributed by atoms with Crippen LogP contribution < -0.4 is 0 Å². The highest BCUT2D eigenvalue weighted by Gasteiger charge is 2.04. The second-order valence-electron chi connectivity index (χ2n) is 2.83. The molecule has 0 atom stereocenters. The van der Waals surface area contributed by atoms with Gasteiger partial charge in [-0.1, -0.05) is 12.1 Å². The number of nitrogens with zero attached hydrogens (tertiary/aromatic N) is 2. The quantitative estimate of drug-likeness (QED) is 0.633. The summed E-state index contributed by atoms with van der Waals surface area (Å²) in [6.45, 7) is 0. The summed E-state index contributed by atoms with van der Waals surface area (Å²) in [5, 5.41) is 9.54. The SMILES string of the molecule is N#Cc1cccc2c(C=O)ccnc12. The van der Waals surface area contributed by atoms with E-state index in [1.54, 1.807) is 24.3 Å². The van der Waals surface area contributed by atoms with Gasteiger partial charge in [0.1, 0.15) is 6.07 Å². The monoisotopic (exact) mass is 182 g/mol. The molecule has 0 fully saturated rings. The van der Waals surface area contributed by atoms with Gasteiger partial charge < -0.3 is 0 Å². The van der Waals surface area contributed by atoms with Crippen molar-refractivity contribution in [2.24, 2.45) is 0 Å². The maximum absolute atomic E-state index is 10.7. The van der Waals surface area contributed by atoms with Gasteiger partial charge in [-0.3, -0.25) is 9.78 Å². The van der Waals surface area contributed by atoms with Crippen molar-refractivity contribution in [1.29, 1.82) is 5.26 Å². The normalized spacial score (nSPS) is 9.64. The molecular weight excluding hydrogens is 176 g/mol. The molecule has 3 nitrogen and oxygen atoms in total. The van der Waals surface area contributed by atoms with E-state index in [0.29, 0.717) is 16.6 Å². The smallest absolute Gasteiger partial charge is 0.150 e. The topological polar surface area (TPSA) is 53.8 Å². The summed E-state index contributed by atoms with van der Waals surface area (Å²) < 4.78 is 0. The van der Waals surface area contributed by atoms with E-state index in [-0.39, 0.29) is 0 Å². The predicted octanol–water partition coefficient (Wildman–Crippen LogP) is 1.92. The summed E-state index contributed by atoms with van der Waals surface area (Å²) in [5.74, 6) is 0. The van der Waals surface area contributed by atoms with Crippen LogP contribution in [0.4, 0.5) is 0 Å². The number of carbonyl (C=O) groups excluding carboxylic acids is 1. The number of fused-ring (bicyclic) bond motifs is 1. The van der Waals surface area contributed by atoms with Gasteiger partial charge in [-0.2, -0.15) is 5.26 Å². The van der Waals surface area contributed by atoms with E-state index in [4.69, 9.17) is 5.26 Å². The van der Waals surface area contributed by atoms with Gasteiger partial charge in [0.25, 0.3) is 0 Å². The molecule has 2 aromatic rings. The zero-order chi connectivity index (χ0) is 9.97. The van der Waals surface area contributed by atoms with Gasteiger partial charge >= 0.3 is 0 Å². The molecular formula is C11H6N2O. The molecule has 0 spiro atoms. The van der Waals surface area contributed by atoms with E-state index >= 15 is 0 Å². The van der Waals surface area contributed by atoms with Crippen LogP contribution in [0.25, 0.3) is 10.9 Å². The van der Waals surface area contributed by atoms with Gasteiger partial charge in [0.05, 0.1) is 11.1 Å². The highest BCUT2D eigenvalue weighted by atomic mass is 16.1. The maximum Gasteiger partial charge on any atom is 0.150 e. The molecule has 0 N–H and O–H groups in total. The Kier molecular flexibility index (Phi) is 1.96. The van der Waals surface area contributed by atoms with Crippen LogP contribution in [0.5, 0.6) is 0 Å². The van der Waals surface area contributed by atoms with Gasteiger partial charge in [0.2, 0.25) is 0 Å². The predicted molar refractivity (Wildman–Crippen MR) is 51.8 cm³/mol. The summed E-state index contributed by atoms with van der Waals surface area (Å²) in [4.78, 5) is 14.8. The number of aldehydes is 1. The van der Waals surface area contributed by atoms with Crippen molar-refractivity contribution in [3.8, 4) is 6.07 Å². The maximum atomic E-state index is 10.7. The lowest BCUT2D eigenvalue weighted by atomic mass is 10.1. The molecule has 2 rings (SSSR count). The van der Waals surface area contributed by atoms with E-state index in [9.17, 15) is 4.79 Å². The van der Waals surface area contributed by atoms with Crippen LogP contribution in [0.3, 0.4) is 0 Å². The van der Waals surface area contributed by atoms with Crippen molar-refractivity contribution >= 4 is 17.2 Å². The number of nitriles is 1. The summed E-state index contributed by atoms with van der Waals surface area (Å²) >= 11 is 0. The fraction of sp³-hybridized carbons (Fsp3) is 0. The zero-order valence-corrected chi connectivity index (χ0v) is 7.27. The van der Waals surface area contributed by atoms with Crippen LogP contribution in [-0.2, 0) is 0 Å². The third kappa shape index (κ3) is 1.14. The minimum atomic E-state index is 0.492. The van der Waals surface area contributed by atoms with Gasteiger partial charge in [-0.05, 0) is 12.1 Å². The number of carbonyl (C=O) groups is 1. The number of hydrogen-bond donors (Lipinski definition) is 0. The van der Waals surface area contributed by atoms with Crippen molar-refractivity contribution in [3.05, 3.63) is 41.6 Å². The van der Waals surface area contributed by atoms with Crippen LogP contribution in [0, 0.1) is 11.3 Å². The van der Waals surface area contributed by atoms with Crippen molar-refractivity contribution in [1.82, 2.24) is 4.98 Å². The molecule has 0 aliphatic carbocycles. The fourth-order valence-electron chi connectivity index (χ4n) is 1.39. The van der Waals surface area contributed by atoms with Gasteiger partial charge in [0.15, 0.2) is 6.29 Å². The Morgan fingerprint density at radius 3 is 2.93 bits per heavy atom. The lowest BCUT2D eigenvalue weighted by molar-refractivity contribution is 0.112. The minimum absolute atomic E-state index is 0.492. The summed E-state index contributed by atoms with van der Waals surface area (Å²) in [7, 11) is 0.